The molecular weight excluding hydrogens is 206 g/mol. The molecule has 1 unspecified atom stereocenters. The molecule has 86 valence electrons. The molecule has 0 saturated carbocycles. The van der Waals surface area contributed by atoms with Gasteiger partial charge >= 0.3 is 0 Å². The van der Waals surface area contributed by atoms with Crippen LogP contribution in [0.15, 0.2) is 0 Å². The van der Waals surface area contributed by atoms with E-state index in [0.29, 0.717) is 13.2 Å². The van der Waals surface area contributed by atoms with Crippen molar-refractivity contribution in [3.05, 3.63) is 0 Å². The van der Waals surface area contributed by atoms with Gasteiger partial charge in [0.25, 0.3) is 10.2 Å². The monoisotopic (exact) mass is 225 g/mol. The summed E-state index contributed by atoms with van der Waals surface area (Å²) in [7, 11) is -0.413. The van der Waals surface area contributed by atoms with Crippen molar-refractivity contribution in [2.45, 2.75) is 13.0 Å². The first kappa shape index (κ1) is 13.8. The van der Waals surface area contributed by atoms with E-state index < -0.39 is 10.2 Å². The molecule has 0 saturated heterocycles. The van der Waals surface area contributed by atoms with Gasteiger partial charge in [0.1, 0.15) is 0 Å². The lowest BCUT2D eigenvalue weighted by Gasteiger charge is -2.22. The largest absolute Gasteiger partial charge is 0.383 e. The molecule has 0 spiro atoms. The highest BCUT2D eigenvalue weighted by Gasteiger charge is 2.21. The molecule has 0 aromatic rings. The summed E-state index contributed by atoms with van der Waals surface area (Å²) in [5, 5.41) is 0. The normalized spacial score (nSPS) is 14.6. The van der Waals surface area contributed by atoms with Gasteiger partial charge in [-0.25, -0.2) is 0 Å². The Morgan fingerprint density at radius 2 is 2.14 bits per heavy atom. The summed E-state index contributed by atoms with van der Waals surface area (Å²) in [6, 6.07) is -0.213. The first-order valence-electron chi connectivity index (χ1n) is 4.37. The summed E-state index contributed by atoms with van der Waals surface area (Å²) in [5.41, 5.74) is 5.37. The van der Waals surface area contributed by atoms with Crippen LogP contribution in [-0.2, 0) is 14.9 Å². The summed E-state index contributed by atoms with van der Waals surface area (Å²) in [6.45, 7) is 2.65. The Morgan fingerprint density at radius 3 is 2.57 bits per heavy atom. The zero-order chi connectivity index (χ0) is 11.2. The van der Waals surface area contributed by atoms with Crippen molar-refractivity contribution in [1.29, 1.82) is 0 Å². The number of hydrogen-bond acceptors (Lipinski definition) is 4. The molecule has 0 aromatic carbocycles. The lowest BCUT2D eigenvalue weighted by Crippen LogP contribution is -2.46. The molecular formula is C7H19N3O3S. The van der Waals surface area contributed by atoms with Crippen LogP contribution in [0.5, 0.6) is 0 Å². The SMILES string of the molecule is COCCNS(=O)(=O)N(C)C(C)CN. The summed E-state index contributed by atoms with van der Waals surface area (Å²) < 4.78 is 31.4. The van der Waals surface area contributed by atoms with Crippen LogP contribution in [0.1, 0.15) is 6.92 Å². The molecule has 0 aromatic heterocycles. The number of likely N-dealkylation sites (N-methyl/N-ethyl adjacent to an activating group) is 1. The number of nitrogens with one attached hydrogen (secondary N) is 1. The number of nitrogens with two attached hydrogens (primary N) is 1. The summed E-state index contributed by atoms with van der Waals surface area (Å²) >= 11 is 0. The second-order valence-electron chi connectivity index (χ2n) is 2.99. The zero-order valence-corrected chi connectivity index (χ0v) is 9.67. The highest BCUT2D eigenvalue weighted by atomic mass is 32.2. The number of ether oxygens (including phenoxy) is 1. The van der Waals surface area contributed by atoms with Gasteiger partial charge in [-0.15, -0.1) is 0 Å². The molecule has 3 N–H and O–H groups in total. The Labute approximate surface area is 85.6 Å². The maximum Gasteiger partial charge on any atom is 0.279 e. The Morgan fingerprint density at radius 1 is 1.57 bits per heavy atom. The van der Waals surface area contributed by atoms with E-state index in [2.05, 4.69) is 4.72 Å². The molecule has 1 atom stereocenters. The third-order valence-corrected chi connectivity index (χ3v) is 3.62. The molecule has 0 radical (unpaired) electrons. The standard InChI is InChI=1S/C7H19N3O3S/c1-7(6-8)10(2)14(11,12)9-4-5-13-3/h7,9H,4-6,8H2,1-3H3. The predicted octanol–water partition coefficient (Wildman–Crippen LogP) is -1.25. The van der Waals surface area contributed by atoms with Gasteiger partial charge in [0.15, 0.2) is 0 Å². The molecule has 0 rings (SSSR count). The lowest BCUT2D eigenvalue weighted by atomic mass is 10.4. The molecule has 14 heavy (non-hydrogen) atoms. The number of hydrogen-bond donors (Lipinski definition) is 2. The molecule has 0 aliphatic carbocycles. The van der Waals surface area contributed by atoms with E-state index in [1.54, 1.807) is 6.92 Å². The van der Waals surface area contributed by atoms with Crippen LogP contribution in [0, 0.1) is 0 Å². The molecule has 7 heteroatoms. The van der Waals surface area contributed by atoms with Crippen molar-refractivity contribution < 1.29 is 13.2 Å². The highest BCUT2D eigenvalue weighted by Crippen LogP contribution is 1.99. The van der Waals surface area contributed by atoms with Gasteiger partial charge in [-0.1, -0.05) is 0 Å². The fourth-order valence-corrected chi connectivity index (χ4v) is 1.86. The fraction of sp³-hybridized carbons (Fsp3) is 1.00. The Balaban J connectivity index is 4.17. The van der Waals surface area contributed by atoms with Crippen LogP contribution in [0.25, 0.3) is 0 Å². The average Bonchev–Trinajstić information content (AvgIpc) is 2.15. The Kier molecular flexibility index (Phi) is 6.21. The van der Waals surface area contributed by atoms with Crippen molar-refractivity contribution >= 4 is 10.2 Å². The Bertz CT molecular complexity index is 243. The second-order valence-corrected chi connectivity index (χ2v) is 4.81. The summed E-state index contributed by atoms with van der Waals surface area (Å²) in [6.07, 6.45) is 0. The van der Waals surface area contributed by atoms with Gasteiger partial charge in [0.2, 0.25) is 0 Å². The average molecular weight is 225 g/mol. The van der Waals surface area contributed by atoms with Gasteiger partial charge < -0.3 is 10.5 Å². The maximum absolute atomic E-state index is 11.5. The van der Waals surface area contributed by atoms with E-state index >= 15 is 0 Å². The van der Waals surface area contributed by atoms with Crippen LogP contribution >= 0.6 is 0 Å². The number of methoxy groups -OCH3 is 1. The molecule has 0 heterocycles. The van der Waals surface area contributed by atoms with Gasteiger partial charge in [-0.05, 0) is 6.92 Å². The van der Waals surface area contributed by atoms with Crippen LogP contribution in [0.4, 0.5) is 0 Å². The zero-order valence-electron chi connectivity index (χ0n) is 8.86. The smallest absolute Gasteiger partial charge is 0.279 e. The molecule has 0 fully saturated rings. The molecule has 0 aliphatic heterocycles. The predicted molar refractivity (Wildman–Crippen MR) is 55.1 cm³/mol. The van der Waals surface area contributed by atoms with Gasteiger partial charge in [0, 0.05) is 33.3 Å². The van der Waals surface area contributed by atoms with E-state index in [9.17, 15) is 8.42 Å². The van der Waals surface area contributed by atoms with Crippen LogP contribution < -0.4 is 10.5 Å². The van der Waals surface area contributed by atoms with Crippen molar-refractivity contribution in [1.82, 2.24) is 9.03 Å². The lowest BCUT2D eigenvalue weighted by molar-refractivity contribution is 0.203. The summed E-state index contributed by atoms with van der Waals surface area (Å²) in [5.74, 6) is 0. The van der Waals surface area contributed by atoms with Crippen molar-refractivity contribution in [3.63, 3.8) is 0 Å². The highest BCUT2D eigenvalue weighted by molar-refractivity contribution is 7.87. The first-order valence-corrected chi connectivity index (χ1v) is 5.81. The molecule has 6 nitrogen and oxygen atoms in total. The van der Waals surface area contributed by atoms with Crippen molar-refractivity contribution in [3.8, 4) is 0 Å². The fourth-order valence-electron chi connectivity index (χ4n) is 0.760. The van der Waals surface area contributed by atoms with E-state index in [1.807, 2.05) is 0 Å². The van der Waals surface area contributed by atoms with Crippen LogP contribution in [0.3, 0.4) is 0 Å². The maximum atomic E-state index is 11.5. The second kappa shape index (κ2) is 6.31. The molecule has 0 aliphatic rings. The quantitative estimate of drug-likeness (QED) is 0.530. The van der Waals surface area contributed by atoms with Crippen molar-refractivity contribution in [2.24, 2.45) is 5.73 Å². The van der Waals surface area contributed by atoms with Gasteiger partial charge in [-0.2, -0.15) is 17.4 Å². The molecule has 0 bridgehead atoms. The topological polar surface area (TPSA) is 84.7 Å². The minimum Gasteiger partial charge on any atom is -0.383 e. The van der Waals surface area contributed by atoms with Crippen molar-refractivity contribution in [2.75, 3.05) is 33.9 Å². The van der Waals surface area contributed by atoms with Gasteiger partial charge in [-0.3, -0.25) is 0 Å². The number of rotatable bonds is 7. The van der Waals surface area contributed by atoms with Crippen LogP contribution in [0.2, 0.25) is 0 Å². The number of nitrogens with zero attached hydrogens (tertiary/aromatic N) is 1. The minimum absolute atomic E-state index is 0.213. The van der Waals surface area contributed by atoms with E-state index in [4.69, 9.17) is 10.5 Å². The Hall–Kier alpha value is -0.210. The van der Waals surface area contributed by atoms with E-state index in [0.717, 1.165) is 0 Å². The molecule has 0 amide bonds. The first-order chi connectivity index (χ1) is 6.45. The van der Waals surface area contributed by atoms with Crippen LogP contribution in [-0.4, -0.2) is 52.6 Å². The van der Waals surface area contributed by atoms with E-state index in [1.165, 1.54) is 18.5 Å². The minimum atomic E-state index is -3.42. The summed E-state index contributed by atoms with van der Waals surface area (Å²) in [4.78, 5) is 0. The third kappa shape index (κ3) is 4.34. The van der Waals surface area contributed by atoms with Gasteiger partial charge in [0.05, 0.1) is 6.61 Å². The third-order valence-electron chi connectivity index (χ3n) is 1.93. The van der Waals surface area contributed by atoms with E-state index in [-0.39, 0.29) is 12.6 Å².